The quantitative estimate of drug-likeness (QED) is 0.546. The highest BCUT2D eigenvalue weighted by Gasteiger charge is 2.42. The first kappa shape index (κ1) is 22.3. The van der Waals surface area contributed by atoms with Crippen LogP contribution in [0, 0.1) is 5.92 Å². The highest BCUT2D eigenvalue weighted by molar-refractivity contribution is 7.09. The molecule has 174 valence electrons. The molecule has 7 nitrogen and oxygen atoms in total. The van der Waals surface area contributed by atoms with E-state index in [1.54, 1.807) is 12.3 Å². The third-order valence-corrected chi connectivity index (χ3v) is 7.51. The van der Waals surface area contributed by atoms with Gasteiger partial charge in [0.1, 0.15) is 5.01 Å². The van der Waals surface area contributed by atoms with Crippen LogP contribution < -0.4 is 10.2 Å². The first-order valence-electron chi connectivity index (χ1n) is 11.5. The van der Waals surface area contributed by atoms with E-state index in [0.717, 1.165) is 35.6 Å². The lowest BCUT2D eigenvalue weighted by atomic mass is 9.95. The average Bonchev–Trinajstić information content (AvgIpc) is 3.50. The van der Waals surface area contributed by atoms with E-state index in [1.807, 2.05) is 54.8 Å². The largest absolute Gasteiger partial charge is 0.370 e. The molecule has 8 heteroatoms. The van der Waals surface area contributed by atoms with E-state index in [0.29, 0.717) is 24.2 Å². The molecule has 2 aromatic carbocycles. The first-order chi connectivity index (χ1) is 16.5. The van der Waals surface area contributed by atoms with Crippen LogP contribution in [0.2, 0.25) is 0 Å². The van der Waals surface area contributed by atoms with Gasteiger partial charge in [-0.05, 0) is 37.5 Å². The summed E-state index contributed by atoms with van der Waals surface area (Å²) < 4.78 is 0. The number of anilines is 1. The fraction of sp³-hybridized carbons (Fsp3) is 0.308. The summed E-state index contributed by atoms with van der Waals surface area (Å²) in [5.74, 6) is -0.749. The van der Waals surface area contributed by atoms with Gasteiger partial charge >= 0.3 is 0 Å². The number of hydrogen-bond donors (Lipinski definition) is 1. The summed E-state index contributed by atoms with van der Waals surface area (Å²) in [5.41, 5.74) is 2.64. The highest BCUT2D eigenvalue weighted by Crippen LogP contribution is 2.37. The van der Waals surface area contributed by atoms with E-state index in [-0.39, 0.29) is 23.6 Å². The molecule has 1 N–H and O–H groups in total. The summed E-state index contributed by atoms with van der Waals surface area (Å²) in [5, 5.41) is 5.61. The van der Waals surface area contributed by atoms with E-state index >= 15 is 0 Å². The Hall–Kier alpha value is -3.52. The number of imide groups is 1. The van der Waals surface area contributed by atoms with Crippen LogP contribution in [0.1, 0.15) is 57.1 Å². The van der Waals surface area contributed by atoms with E-state index in [2.05, 4.69) is 15.2 Å². The number of aromatic nitrogens is 1. The normalized spacial score (nSPS) is 18.7. The number of rotatable bonds is 6. The third-order valence-electron chi connectivity index (χ3n) is 6.56. The van der Waals surface area contributed by atoms with Crippen molar-refractivity contribution in [1.82, 2.24) is 15.2 Å². The molecular formula is C26H26N4O3S. The topological polar surface area (TPSA) is 82.6 Å². The van der Waals surface area contributed by atoms with E-state index < -0.39 is 6.04 Å². The second-order valence-electron chi connectivity index (χ2n) is 8.71. The maximum atomic E-state index is 13.5. The number of thiazole rings is 1. The number of hydrogen-bond acceptors (Lipinski definition) is 6. The van der Waals surface area contributed by atoms with Crippen LogP contribution >= 0.6 is 11.3 Å². The van der Waals surface area contributed by atoms with Crippen LogP contribution in [0.15, 0.2) is 60.1 Å². The Morgan fingerprint density at radius 1 is 1.15 bits per heavy atom. The lowest BCUT2D eigenvalue weighted by Crippen LogP contribution is -2.43. The smallest absolute Gasteiger partial charge is 0.264 e. The molecule has 2 atom stereocenters. The third kappa shape index (κ3) is 4.09. The van der Waals surface area contributed by atoms with Gasteiger partial charge in [0, 0.05) is 31.2 Å². The summed E-state index contributed by atoms with van der Waals surface area (Å²) in [6, 6.07) is 14.8. The van der Waals surface area contributed by atoms with E-state index in [9.17, 15) is 14.4 Å². The number of benzene rings is 2. The minimum atomic E-state index is -0.432. The Morgan fingerprint density at radius 2 is 1.97 bits per heavy atom. The molecule has 1 aromatic heterocycles. The van der Waals surface area contributed by atoms with Crippen molar-refractivity contribution in [2.45, 2.75) is 32.4 Å². The Bertz CT molecular complexity index is 1210. The van der Waals surface area contributed by atoms with Gasteiger partial charge in [-0.1, -0.05) is 36.4 Å². The second kappa shape index (κ2) is 9.38. The lowest BCUT2D eigenvalue weighted by molar-refractivity contribution is -0.125. The molecule has 0 radical (unpaired) electrons. The molecule has 0 aliphatic carbocycles. The maximum absolute atomic E-state index is 13.5. The number of nitrogens with one attached hydrogen (secondary N) is 1. The minimum absolute atomic E-state index is 0.0163. The predicted octanol–water partition coefficient (Wildman–Crippen LogP) is 4.03. The lowest BCUT2D eigenvalue weighted by Gasteiger charge is -2.34. The monoisotopic (exact) mass is 474 g/mol. The molecule has 2 aliphatic heterocycles. The minimum Gasteiger partial charge on any atom is -0.370 e. The SMILES string of the molecule is C[C@@H](c1nccs1)N1C(=O)c2cccc(N3CCC[C@H](C(=O)NCc4ccccc4)C3)c2C1=O. The van der Waals surface area contributed by atoms with Crippen molar-refractivity contribution in [2.75, 3.05) is 18.0 Å². The van der Waals surface area contributed by atoms with E-state index in [1.165, 1.54) is 16.2 Å². The van der Waals surface area contributed by atoms with Crippen LogP contribution in [0.3, 0.4) is 0 Å². The molecule has 5 rings (SSSR count). The number of piperidine rings is 1. The number of amides is 3. The van der Waals surface area contributed by atoms with Crippen molar-refractivity contribution in [1.29, 1.82) is 0 Å². The second-order valence-corrected chi connectivity index (χ2v) is 9.64. The highest BCUT2D eigenvalue weighted by atomic mass is 32.1. The van der Waals surface area contributed by atoms with Crippen molar-refractivity contribution in [3.05, 3.63) is 81.8 Å². The van der Waals surface area contributed by atoms with Crippen molar-refractivity contribution in [2.24, 2.45) is 5.92 Å². The van der Waals surface area contributed by atoms with Crippen LogP contribution in [-0.4, -0.2) is 40.7 Å². The zero-order valence-corrected chi connectivity index (χ0v) is 19.8. The van der Waals surface area contributed by atoms with Crippen molar-refractivity contribution in [3.63, 3.8) is 0 Å². The summed E-state index contributed by atoms with van der Waals surface area (Å²) >= 11 is 1.43. The Morgan fingerprint density at radius 3 is 2.74 bits per heavy atom. The van der Waals surface area contributed by atoms with Crippen LogP contribution in [-0.2, 0) is 11.3 Å². The number of carbonyl (C=O) groups excluding carboxylic acids is 3. The fourth-order valence-electron chi connectivity index (χ4n) is 4.79. The molecule has 3 amide bonds. The van der Waals surface area contributed by atoms with Crippen LogP contribution in [0.25, 0.3) is 0 Å². The summed E-state index contributed by atoms with van der Waals surface area (Å²) in [6.07, 6.45) is 3.32. The molecule has 3 aromatic rings. The molecule has 3 heterocycles. The molecule has 0 spiro atoms. The Labute approximate surface area is 202 Å². The van der Waals surface area contributed by atoms with Gasteiger partial charge in [0.2, 0.25) is 5.91 Å². The molecule has 1 fully saturated rings. The summed E-state index contributed by atoms with van der Waals surface area (Å²) in [4.78, 5) is 47.2. The zero-order chi connectivity index (χ0) is 23.7. The van der Waals surface area contributed by atoms with Gasteiger partial charge in [0.25, 0.3) is 11.8 Å². The molecule has 0 bridgehead atoms. The summed E-state index contributed by atoms with van der Waals surface area (Å²) in [6.45, 7) is 3.57. The van der Waals surface area contributed by atoms with Gasteiger partial charge in [-0.2, -0.15) is 0 Å². The number of nitrogens with zero attached hydrogens (tertiary/aromatic N) is 3. The summed E-state index contributed by atoms with van der Waals surface area (Å²) in [7, 11) is 0. The van der Waals surface area contributed by atoms with Gasteiger partial charge < -0.3 is 10.2 Å². The standard InChI is InChI=1S/C26H26N4O3S/c1-17(24-27-12-14-34-24)30-25(32)20-10-5-11-21(22(20)26(30)33)29-13-6-9-19(16-29)23(31)28-15-18-7-3-2-4-8-18/h2-5,7-8,10-12,14,17,19H,6,9,13,15-16H2,1H3,(H,28,31)/t17-,19-/m0/s1. The van der Waals surface area contributed by atoms with Crippen LogP contribution in [0.5, 0.6) is 0 Å². The molecule has 0 unspecified atom stereocenters. The predicted molar refractivity (Wildman–Crippen MR) is 131 cm³/mol. The van der Waals surface area contributed by atoms with Gasteiger partial charge in [-0.25, -0.2) is 4.98 Å². The first-order valence-corrected chi connectivity index (χ1v) is 12.4. The van der Waals surface area contributed by atoms with Crippen molar-refractivity contribution in [3.8, 4) is 0 Å². The maximum Gasteiger partial charge on any atom is 0.264 e. The molecule has 0 saturated carbocycles. The molecular weight excluding hydrogens is 448 g/mol. The van der Waals surface area contributed by atoms with Crippen molar-refractivity contribution < 1.29 is 14.4 Å². The van der Waals surface area contributed by atoms with Crippen molar-refractivity contribution >= 4 is 34.7 Å². The Kier molecular flexibility index (Phi) is 6.15. The zero-order valence-electron chi connectivity index (χ0n) is 18.9. The average molecular weight is 475 g/mol. The molecule has 1 saturated heterocycles. The van der Waals surface area contributed by atoms with Gasteiger partial charge in [0.15, 0.2) is 0 Å². The number of carbonyl (C=O) groups is 3. The fourth-order valence-corrected chi connectivity index (χ4v) is 5.48. The molecule has 2 aliphatic rings. The van der Waals surface area contributed by atoms with Gasteiger partial charge in [-0.15, -0.1) is 11.3 Å². The Balaban J connectivity index is 1.34. The van der Waals surface area contributed by atoms with Gasteiger partial charge in [-0.3, -0.25) is 19.3 Å². The molecule has 34 heavy (non-hydrogen) atoms. The number of fused-ring (bicyclic) bond motifs is 1. The van der Waals surface area contributed by atoms with Gasteiger partial charge in [0.05, 0.1) is 28.8 Å². The van der Waals surface area contributed by atoms with E-state index in [4.69, 9.17) is 0 Å². The van der Waals surface area contributed by atoms with Crippen LogP contribution in [0.4, 0.5) is 5.69 Å².